The maximum absolute atomic E-state index is 4.60. The normalized spacial score (nSPS) is 37.0. The quantitative estimate of drug-likeness (QED) is 0.876. The van der Waals surface area contributed by atoms with Gasteiger partial charge in [-0.3, -0.25) is 4.98 Å². The molecule has 0 amide bonds. The molecule has 0 spiro atoms. The van der Waals surface area contributed by atoms with Crippen LogP contribution in [-0.2, 0) is 0 Å². The van der Waals surface area contributed by atoms with Crippen molar-refractivity contribution in [3.8, 4) is 0 Å². The van der Waals surface area contributed by atoms with E-state index in [1.54, 1.807) is 0 Å². The highest BCUT2D eigenvalue weighted by Crippen LogP contribution is 2.54. The summed E-state index contributed by atoms with van der Waals surface area (Å²) in [6.45, 7) is 0. The Balaban J connectivity index is 1.49. The Morgan fingerprint density at radius 3 is 2.33 bits per heavy atom. The van der Waals surface area contributed by atoms with Crippen molar-refractivity contribution in [2.24, 2.45) is 23.7 Å². The van der Waals surface area contributed by atoms with Crippen LogP contribution < -0.4 is 5.32 Å². The van der Waals surface area contributed by atoms with Gasteiger partial charge < -0.3 is 5.32 Å². The number of aromatic nitrogens is 1. The summed E-state index contributed by atoms with van der Waals surface area (Å²) in [5.41, 5.74) is 2.37. The number of fused-ring (bicyclic) bond motifs is 1. The molecule has 4 fully saturated rings. The molecule has 108 valence electrons. The van der Waals surface area contributed by atoms with Gasteiger partial charge in [-0.25, -0.2) is 0 Å². The molecule has 4 aliphatic rings. The highest BCUT2D eigenvalue weighted by atomic mass is 15.0. The van der Waals surface area contributed by atoms with Gasteiger partial charge in [0.05, 0.1) is 11.2 Å². The first-order chi connectivity index (χ1) is 10.4. The lowest BCUT2D eigenvalue weighted by molar-refractivity contribution is 0.00758. The third-order valence-electron chi connectivity index (χ3n) is 6.18. The van der Waals surface area contributed by atoms with Crippen molar-refractivity contribution in [1.82, 2.24) is 4.98 Å². The zero-order chi connectivity index (χ0) is 13.8. The Morgan fingerprint density at radius 1 is 0.857 bits per heavy atom. The van der Waals surface area contributed by atoms with Gasteiger partial charge in [0.15, 0.2) is 0 Å². The van der Waals surface area contributed by atoms with Crippen LogP contribution in [0.4, 0.5) is 5.69 Å². The van der Waals surface area contributed by atoms with E-state index in [1.165, 1.54) is 43.2 Å². The largest absolute Gasteiger partial charge is 0.380 e. The van der Waals surface area contributed by atoms with Gasteiger partial charge in [-0.05, 0) is 67.9 Å². The summed E-state index contributed by atoms with van der Waals surface area (Å²) in [7, 11) is 0. The van der Waals surface area contributed by atoms with Gasteiger partial charge in [0.1, 0.15) is 0 Å². The molecule has 0 radical (unpaired) electrons. The SMILES string of the molecule is c1cnc2c(NC3C4CC5CC(C4)CC3C5)cccc2c1. The van der Waals surface area contributed by atoms with E-state index in [9.17, 15) is 0 Å². The Hall–Kier alpha value is -1.57. The van der Waals surface area contributed by atoms with Crippen molar-refractivity contribution in [2.75, 3.05) is 5.32 Å². The third-order valence-corrected chi connectivity index (χ3v) is 6.18. The minimum Gasteiger partial charge on any atom is -0.380 e. The second-order valence-corrected chi connectivity index (χ2v) is 7.48. The van der Waals surface area contributed by atoms with E-state index in [4.69, 9.17) is 0 Å². The molecule has 4 bridgehead atoms. The summed E-state index contributed by atoms with van der Waals surface area (Å²) < 4.78 is 0. The average molecular weight is 278 g/mol. The molecule has 1 aromatic heterocycles. The van der Waals surface area contributed by atoms with E-state index in [-0.39, 0.29) is 0 Å². The van der Waals surface area contributed by atoms with Crippen molar-refractivity contribution in [3.05, 3.63) is 36.5 Å². The van der Waals surface area contributed by atoms with Gasteiger partial charge >= 0.3 is 0 Å². The lowest BCUT2D eigenvalue weighted by Gasteiger charge is -2.54. The van der Waals surface area contributed by atoms with Crippen LogP contribution in [0.2, 0.25) is 0 Å². The fraction of sp³-hybridized carbons (Fsp3) is 0.526. The maximum Gasteiger partial charge on any atom is 0.0933 e. The number of anilines is 1. The molecular formula is C19H22N2. The van der Waals surface area contributed by atoms with Crippen LogP contribution in [0.5, 0.6) is 0 Å². The first-order valence-electron chi connectivity index (χ1n) is 8.47. The molecule has 0 atom stereocenters. The zero-order valence-electron chi connectivity index (χ0n) is 12.3. The summed E-state index contributed by atoms with van der Waals surface area (Å²) in [5, 5.41) is 5.15. The van der Waals surface area contributed by atoms with Gasteiger partial charge in [0.25, 0.3) is 0 Å². The molecule has 0 aliphatic heterocycles. The smallest absolute Gasteiger partial charge is 0.0933 e. The van der Waals surface area contributed by atoms with E-state index >= 15 is 0 Å². The lowest BCUT2D eigenvalue weighted by atomic mass is 9.54. The third kappa shape index (κ3) is 1.88. The van der Waals surface area contributed by atoms with Crippen molar-refractivity contribution in [2.45, 2.75) is 38.1 Å². The molecule has 4 aliphatic carbocycles. The predicted molar refractivity (Wildman–Crippen MR) is 86.2 cm³/mol. The minimum absolute atomic E-state index is 0.686. The number of hydrogen-bond donors (Lipinski definition) is 1. The van der Waals surface area contributed by atoms with Crippen molar-refractivity contribution < 1.29 is 0 Å². The zero-order valence-corrected chi connectivity index (χ0v) is 12.3. The summed E-state index contributed by atoms with van der Waals surface area (Å²) >= 11 is 0. The van der Waals surface area contributed by atoms with E-state index < -0.39 is 0 Å². The monoisotopic (exact) mass is 278 g/mol. The van der Waals surface area contributed by atoms with Gasteiger partial charge in [0.2, 0.25) is 0 Å². The van der Waals surface area contributed by atoms with Crippen LogP contribution in [0.25, 0.3) is 10.9 Å². The number of rotatable bonds is 2. The molecular weight excluding hydrogens is 256 g/mol. The Morgan fingerprint density at radius 2 is 1.57 bits per heavy atom. The van der Waals surface area contributed by atoms with Crippen LogP contribution in [0.1, 0.15) is 32.1 Å². The number of hydrogen-bond acceptors (Lipinski definition) is 2. The van der Waals surface area contributed by atoms with E-state index in [1.807, 2.05) is 12.3 Å². The number of nitrogens with one attached hydrogen (secondary N) is 1. The number of benzene rings is 1. The molecule has 0 saturated heterocycles. The van der Waals surface area contributed by atoms with Crippen LogP contribution in [0.3, 0.4) is 0 Å². The second kappa shape index (κ2) is 4.46. The molecule has 2 aromatic rings. The topological polar surface area (TPSA) is 24.9 Å². The Bertz CT molecular complexity index is 645. The number of pyridine rings is 1. The van der Waals surface area contributed by atoms with Crippen molar-refractivity contribution in [1.29, 1.82) is 0 Å². The Kier molecular flexibility index (Phi) is 2.55. The van der Waals surface area contributed by atoms with Gasteiger partial charge in [-0.2, -0.15) is 0 Å². The van der Waals surface area contributed by atoms with Crippen molar-refractivity contribution in [3.63, 3.8) is 0 Å². The predicted octanol–water partition coefficient (Wildman–Crippen LogP) is 4.47. The molecule has 1 heterocycles. The standard InChI is InChI=1S/C19H22N2/c1-3-14-4-2-6-20-19(14)17(5-1)21-18-15-8-12-7-13(10-15)11-16(18)9-12/h1-6,12-13,15-16,18,21H,7-11H2. The van der Waals surface area contributed by atoms with Gasteiger partial charge in [-0.1, -0.05) is 18.2 Å². The van der Waals surface area contributed by atoms with E-state index in [0.29, 0.717) is 6.04 Å². The maximum atomic E-state index is 4.60. The van der Waals surface area contributed by atoms with Crippen molar-refractivity contribution >= 4 is 16.6 Å². The summed E-state index contributed by atoms with van der Waals surface area (Å²) in [5.74, 6) is 3.88. The highest BCUT2D eigenvalue weighted by Gasteiger charge is 2.48. The highest BCUT2D eigenvalue weighted by molar-refractivity contribution is 5.90. The molecule has 2 nitrogen and oxygen atoms in total. The fourth-order valence-corrected chi connectivity index (χ4v) is 5.56. The van der Waals surface area contributed by atoms with E-state index in [2.05, 4.69) is 34.6 Å². The summed E-state index contributed by atoms with van der Waals surface area (Å²) in [4.78, 5) is 4.60. The molecule has 1 aromatic carbocycles. The number of nitrogens with zero attached hydrogens (tertiary/aromatic N) is 1. The summed E-state index contributed by atoms with van der Waals surface area (Å²) in [6.07, 6.45) is 9.28. The fourth-order valence-electron chi connectivity index (χ4n) is 5.56. The van der Waals surface area contributed by atoms with Crippen LogP contribution in [0, 0.1) is 23.7 Å². The summed E-state index contributed by atoms with van der Waals surface area (Å²) in [6, 6.07) is 11.4. The van der Waals surface area contributed by atoms with Crippen LogP contribution >= 0.6 is 0 Å². The lowest BCUT2D eigenvalue weighted by Crippen LogP contribution is -2.51. The molecule has 4 saturated carbocycles. The molecule has 1 N–H and O–H groups in total. The van der Waals surface area contributed by atoms with Gasteiger partial charge in [0, 0.05) is 17.6 Å². The van der Waals surface area contributed by atoms with Gasteiger partial charge in [-0.15, -0.1) is 0 Å². The second-order valence-electron chi connectivity index (χ2n) is 7.48. The first kappa shape index (κ1) is 12.0. The molecule has 6 rings (SSSR count). The average Bonchev–Trinajstić information content (AvgIpc) is 2.50. The minimum atomic E-state index is 0.686. The first-order valence-corrected chi connectivity index (χ1v) is 8.47. The molecule has 21 heavy (non-hydrogen) atoms. The van der Waals surface area contributed by atoms with E-state index in [0.717, 1.165) is 29.2 Å². The molecule has 0 unspecified atom stereocenters. The Labute approximate surface area is 126 Å². The van der Waals surface area contributed by atoms with Crippen LogP contribution in [-0.4, -0.2) is 11.0 Å². The van der Waals surface area contributed by atoms with Crippen LogP contribution in [0.15, 0.2) is 36.5 Å². The molecule has 2 heteroatoms. The number of para-hydroxylation sites is 1.